The highest BCUT2D eigenvalue weighted by Gasteiger charge is 2.28. The quantitative estimate of drug-likeness (QED) is 0.923. The molecule has 2 aromatic rings. The molecule has 3 rings (SSSR count). The third kappa shape index (κ3) is 2.36. The molecule has 1 amide bonds. The average molecular weight is 272 g/mol. The van der Waals surface area contributed by atoms with Crippen LogP contribution in [0, 0.1) is 0 Å². The van der Waals surface area contributed by atoms with Gasteiger partial charge < -0.3 is 9.64 Å². The minimum absolute atomic E-state index is 0.213. The van der Waals surface area contributed by atoms with Crippen molar-refractivity contribution in [3.8, 4) is 5.75 Å². The Hall–Kier alpha value is -2.37. The molecule has 0 unspecified atom stereocenters. The lowest BCUT2D eigenvalue weighted by molar-refractivity contribution is 0.0983. The van der Waals surface area contributed by atoms with Gasteiger partial charge in [-0.2, -0.15) is 0 Å². The van der Waals surface area contributed by atoms with Crippen LogP contribution in [0.1, 0.15) is 35.2 Å². The predicted molar refractivity (Wildman–Crippen MR) is 74.1 cm³/mol. The summed E-state index contributed by atoms with van der Waals surface area (Å²) in [7, 11) is 3.31. The monoisotopic (exact) mass is 272 g/mol. The lowest BCUT2D eigenvalue weighted by Gasteiger charge is -2.15. The number of rotatable bonds is 4. The summed E-state index contributed by atoms with van der Waals surface area (Å²) in [5.74, 6) is 2.01. The van der Waals surface area contributed by atoms with Gasteiger partial charge in [0.25, 0.3) is 5.91 Å². The van der Waals surface area contributed by atoms with Crippen molar-refractivity contribution in [2.24, 2.45) is 0 Å². The molecular formula is C14H16N4O2. The highest BCUT2D eigenvalue weighted by atomic mass is 16.5. The van der Waals surface area contributed by atoms with Crippen LogP contribution in [0.3, 0.4) is 0 Å². The number of H-pyrrole nitrogens is 1. The number of aromatic nitrogens is 3. The van der Waals surface area contributed by atoms with Crippen molar-refractivity contribution in [3.63, 3.8) is 0 Å². The van der Waals surface area contributed by atoms with Gasteiger partial charge in [-0.05, 0) is 37.1 Å². The van der Waals surface area contributed by atoms with Crippen LogP contribution in [-0.2, 0) is 0 Å². The summed E-state index contributed by atoms with van der Waals surface area (Å²) in [6.45, 7) is 0. The number of benzene rings is 1. The van der Waals surface area contributed by atoms with Crippen LogP contribution in [0.4, 0.5) is 5.69 Å². The Morgan fingerprint density at radius 2 is 2.05 bits per heavy atom. The van der Waals surface area contributed by atoms with Gasteiger partial charge in [-0.15, -0.1) is 5.10 Å². The van der Waals surface area contributed by atoms with Gasteiger partial charge in [-0.1, -0.05) is 0 Å². The van der Waals surface area contributed by atoms with Crippen LogP contribution in [0.5, 0.6) is 5.75 Å². The van der Waals surface area contributed by atoms with Gasteiger partial charge in [0.1, 0.15) is 11.6 Å². The normalized spacial score (nSPS) is 14.1. The molecule has 0 radical (unpaired) electrons. The third-order valence-electron chi connectivity index (χ3n) is 3.42. The van der Waals surface area contributed by atoms with E-state index in [4.69, 9.17) is 4.74 Å². The van der Waals surface area contributed by atoms with E-state index in [1.165, 1.54) is 4.90 Å². The highest BCUT2D eigenvalue weighted by Crippen LogP contribution is 2.37. The Balaban J connectivity index is 1.77. The van der Waals surface area contributed by atoms with Crippen LogP contribution in [0.2, 0.25) is 0 Å². The molecule has 1 aromatic heterocycles. The number of methoxy groups -OCH3 is 1. The van der Waals surface area contributed by atoms with E-state index in [2.05, 4.69) is 15.2 Å². The number of ether oxygens (including phenoxy) is 1. The van der Waals surface area contributed by atoms with Crippen molar-refractivity contribution in [3.05, 3.63) is 35.9 Å². The van der Waals surface area contributed by atoms with Crippen LogP contribution in [0.25, 0.3) is 0 Å². The first-order valence-electron chi connectivity index (χ1n) is 6.53. The number of nitrogens with zero attached hydrogens (tertiary/aromatic N) is 3. The van der Waals surface area contributed by atoms with E-state index < -0.39 is 0 Å². The standard InChI is InChI=1S/C14H16N4O2/c1-18(10-5-7-11(20-2)8-6-10)14(19)13-15-12(16-17-13)9-3-4-9/h5-9H,3-4H2,1-2H3,(H,15,16,17). The Morgan fingerprint density at radius 1 is 1.35 bits per heavy atom. The molecule has 1 fully saturated rings. The number of nitrogens with one attached hydrogen (secondary N) is 1. The molecule has 1 aliphatic rings. The first-order valence-corrected chi connectivity index (χ1v) is 6.53. The van der Waals surface area contributed by atoms with Crippen molar-refractivity contribution in [1.29, 1.82) is 0 Å². The fraction of sp³-hybridized carbons (Fsp3) is 0.357. The summed E-state index contributed by atoms with van der Waals surface area (Å²) in [5.41, 5.74) is 0.772. The topological polar surface area (TPSA) is 71.1 Å². The Morgan fingerprint density at radius 3 is 2.65 bits per heavy atom. The molecular weight excluding hydrogens is 256 g/mol. The Labute approximate surface area is 116 Å². The Kier molecular flexibility index (Phi) is 3.14. The summed E-state index contributed by atoms with van der Waals surface area (Å²) in [6.07, 6.45) is 2.24. The summed E-state index contributed by atoms with van der Waals surface area (Å²) in [4.78, 5) is 18.1. The number of carbonyl (C=O) groups excluding carboxylic acids is 1. The van der Waals surface area contributed by atoms with E-state index in [-0.39, 0.29) is 11.7 Å². The SMILES string of the molecule is COc1ccc(N(C)C(=O)c2n[nH]c(C3CC3)n2)cc1. The molecule has 1 saturated carbocycles. The van der Waals surface area contributed by atoms with Crippen molar-refractivity contribution < 1.29 is 9.53 Å². The molecule has 1 aliphatic carbocycles. The summed E-state index contributed by atoms with van der Waals surface area (Å²) >= 11 is 0. The Bertz CT molecular complexity index is 616. The average Bonchev–Trinajstić information content (AvgIpc) is 3.23. The molecule has 1 heterocycles. The van der Waals surface area contributed by atoms with Gasteiger partial charge in [-0.25, -0.2) is 4.98 Å². The van der Waals surface area contributed by atoms with E-state index in [0.29, 0.717) is 5.92 Å². The van der Waals surface area contributed by atoms with Gasteiger partial charge in [0, 0.05) is 18.7 Å². The second-order valence-electron chi connectivity index (χ2n) is 4.88. The molecule has 1 aromatic carbocycles. The molecule has 0 aliphatic heterocycles. The van der Waals surface area contributed by atoms with E-state index >= 15 is 0 Å². The number of aromatic amines is 1. The van der Waals surface area contributed by atoms with E-state index in [9.17, 15) is 4.79 Å². The molecule has 104 valence electrons. The minimum atomic E-state index is -0.224. The van der Waals surface area contributed by atoms with E-state index in [1.54, 1.807) is 14.2 Å². The van der Waals surface area contributed by atoms with Gasteiger partial charge in [0.05, 0.1) is 7.11 Å². The molecule has 0 atom stereocenters. The maximum Gasteiger partial charge on any atom is 0.297 e. The zero-order chi connectivity index (χ0) is 14.1. The number of carbonyl (C=O) groups is 1. The van der Waals surface area contributed by atoms with Crippen LogP contribution in [0.15, 0.2) is 24.3 Å². The van der Waals surface area contributed by atoms with Gasteiger partial charge in [0.2, 0.25) is 5.82 Å². The van der Waals surface area contributed by atoms with Gasteiger partial charge in [-0.3, -0.25) is 9.89 Å². The second kappa shape index (κ2) is 4.96. The number of amides is 1. The highest BCUT2D eigenvalue weighted by molar-refractivity contribution is 6.03. The van der Waals surface area contributed by atoms with Crippen LogP contribution >= 0.6 is 0 Å². The maximum atomic E-state index is 12.3. The molecule has 0 bridgehead atoms. The summed E-state index contributed by atoms with van der Waals surface area (Å²) in [5, 5.41) is 6.85. The minimum Gasteiger partial charge on any atom is -0.497 e. The summed E-state index contributed by atoms with van der Waals surface area (Å²) < 4.78 is 5.10. The largest absolute Gasteiger partial charge is 0.497 e. The van der Waals surface area contributed by atoms with Gasteiger partial charge in [0.15, 0.2) is 0 Å². The fourth-order valence-corrected chi connectivity index (χ4v) is 1.98. The van der Waals surface area contributed by atoms with Crippen molar-refractivity contribution in [1.82, 2.24) is 15.2 Å². The van der Waals surface area contributed by atoms with E-state index in [1.807, 2.05) is 24.3 Å². The third-order valence-corrected chi connectivity index (χ3v) is 3.42. The zero-order valence-corrected chi connectivity index (χ0v) is 11.5. The lowest BCUT2D eigenvalue weighted by atomic mass is 10.2. The first kappa shape index (κ1) is 12.7. The molecule has 0 saturated heterocycles. The maximum absolute atomic E-state index is 12.3. The first-order chi connectivity index (χ1) is 9.69. The molecule has 20 heavy (non-hydrogen) atoms. The lowest BCUT2D eigenvalue weighted by Crippen LogP contribution is -2.27. The van der Waals surface area contributed by atoms with E-state index in [0.717, 1.165) is 30.1 Å². The molecule has 6 nitrogen and oxygen atoms in total. The molecule has 6 heteroatoms. The van der Waals surface area contributed by atoms with Crippen LogP contribution in [-0.4, -0.2) is 35.2 Å². The van der Waals surface area contributed by atoms with Crippen molar-refractivity contribution >= 4 is 11.6 Å². The number of anilines is 1. The second-order valence-corrected chi connectivity index (χ2v) is 4.88. The number of hydrogen-bond donors (Lipinski definition) is 1. The van der Waals surface area contributed by atoms with Gasteiger partial charge >= 0.3 is 0 Å². The smallest absolute Gasteiger partial charge is 0.297 e. The molecule has 0 spiro atoms. The van der Waals surface area contributed by atoms with Crippen LogP contribution < -0.4 is 9.64 Å². The zero-order valence-electron chi connectivity index (χ0n) is 11.5. The fourth-order valence-electron chi connectivity index (χ4n) is 1.98. The van der Waals surface area contributed by atoms with Crippen molar-refractivity contribution in [2.75, 3.05) is 19.1 Å². The summed E-state index contributed by atoms with van der Waals surface area (Å²) in [6, 6.07) is 7.27. The molecule has 1 N–H and O–H groups in total. The number of hydrogen-bond acceptors (Lipinski definition) is 4. The predicted octanol–water partition coefficient (Wildman–Crippen LogP) is 1.97. The van der Waals surface area contributed by atoms with Crippen molar-refractivity contribution in [2.45, 2.75) is 18.8 Å².